The third-order valence-corrected chi connectivity index (χ3v) is 5.40. The van der Waals surface area contributed by atoms with Crippen LogP contribution in [0.15, 0.2) is 35.4 Å². The van der Waals surface area contributed by atoms with Crippen LogP contribution in [0.3, 0.4) is 0 Å². The Morgan fingerprint density at radius 1 is 1.27 bits per heavy atom. The summed E-state index contributed by atoms with van der Waals surface area (Å²) < 4.78 is 12.2. The number of aliphatic hydroxyl groups excluding tert-OH is 3. The summed E-state index contributed by atoms with van der Waals surface area (Å²) in [5, 5.41) is 32.0. The molecule has 0 unspecified atom stereocenters. The van der Waals surface area contributed by atoms with Crippen molar-refractivity contribution in [2.75, 3.05) is 18.5 Å². The van der Waals surface area contributed by atoms with Crippen molar-refractivity contribution in [3.05, 3.63) is 46.5 Å². The predicted octanol–water partition coefficient (Wildman–Crippen LogP) is -0.128. The smallest absolute Gasteiger partial charge is 0.280 e. The van der Waals surface area contributed by atoms with E-state index in [2.05, 4.69) is 34.1 Å². The number of amides is 1. The lowest BCUT2D eigenvalue weighted by Crippen LogP contribution is -2.33. The zero-order valence-corrected chi connectivity index (χ0v) is 18.0. The highest BCUT2D eigenvalue weighted by Gasteiger charge is 2.44. The number of anilines is 1. The lowest BCUT2D eigenvalue weighted by atomic mass is 10.0. The molecule has 3 aromatic rings. The van der Waals surface area contributed by atoms with Gasteiger partial charge in [-0.2, -0.15) is 4.98 Å². The lowest BCUT2D eigenvalue weighted by Gasteiger charge is -2.16. The molecular weight excluding hydrogens is 434 g/mol. The maximum atomic E-state index is 12.4. The molecule has 0 aliphatic carbocycles. The van der Waals surface area contributed by atoms with E-state index >= 15 is 0 Å². The van der Waals surface area contributed by atoms with E-state index in [1.807, 2.05) is 12.1 Å². The molecule has 33 heavy (non-hydrogen) atoms. The molecule has 0 spiro atoms. The van der Waals surface area contributed by atoms with Crippen molar-refractivity contribution in [1.29, 1.82) is 0 Å². The van der Waals surface area contributed by atoms with E-state index in [0.29, 0.717) is 11.7 Å². The van der Waals surface area contributed by atoms with Gasteiger partial charge in [0, 0.05) is 0 Å². The Morgan fingerprint density at radius 2 is 2.00 bits per heavy atom. The molecule has 4 rings (SSSR count). The van der Waals surface area contributed by atoms with Crippen LogP contribution in [0.4, 0.5) is 5.95 Å². The molecule has 4 atom stereocenters. The van der Waals surface area contributed by atoms with Gasteiger partial charge in [-0.1, -0.05) is 26.0 Å². The number of aliphatic hydroxyl groups is 3. The molecule has 1 amide bonds. The number of hydrogen-bond donors (Lipinski definition) is 5. The fourth-order valence-corrected chi connectivity index (χ4v) is 3.55. The number of rotatable bonds is 7. The number of H-pyrrole nitrogens is 1. The van der Waals surface area contributed by atoms with Gasteiger partial charge in [-0.25, -0.2) is 4.98 Å². The molecule has 12 nitrogen and oxygen atoms in total. The van der Waals surface area contributed by atoms with E-state index in [1.165, 1.54) is 10.9 Å². The molecule has 1 aromatic carbocycles. The Balaban J connectivity index is 1.49. The fraction of sp³-hybridized carbons (Fsp3) is 0.429. The number of imidazole rings is 1. The first-order chi connectivity index (χ1) is 15.8. The predicted molar refractivity (Wildman–Crippen MR) is 116 cm³/mol. The standard InChI is InChI=1S/C21H25N5O7/c1-10(2)11-3-5-12(6-4-11)32-8-14(28)23-21-24-18-15(19(31)25-21)22-9-26(18)20-17(30)16(29)13(7-27)33-20/h3-6,9-10,13,16-17,20,27,29-30H,7-8H2,1-2H3,(H2,23,24,25,28,31)/t13-,16-,17-,20-/m1/s1. The minimum absolute atomic E-state index is 0.0223. The number of carbonyl (C=O) groups excluding carboxylic acids is 1. The Hall–Kier alpha value is -3.32. The van der Waals surface area contributed by atoms with Crippen LogP contribution in [0.5, 0.6) is 5.75 Å². The first-order valence-corrected chi connectivity index (χ1v) is 10.4. The van der Waals surface area contributed by atoms with Crippen molar-refractivity contribution < 1.29 is 29.6 Å². The zero-order valence-electron chi connectivity index (χ0n) is 18.0. The average Bonchev–Trinajstić information content (AvgIpc) is 3.33. The van der Waals surface area contributed by atoms with Crippen molar-refractivity contribution >= 4 is 23.0 Å². The van der Waals surface area contributed by atoms with Crippen molar-refractivity contribution in [1.82, 2.24) is 19.5 Å². The number of ether oxygens (including phenoxy) is 2. The van der Waals surface area contributed by atoms with Crippen LogP contribution in [0, 0.1) is 0 Å². The minimum atomic E-state index is -1.38. The van der Waals surface area contributed by atoms with Crippen LogP contribution in [-0.2, 0) is 9.53 Å². The quantitative estimate of drug-likeness (QED) is 0.323. The maximum absolute atomic E-state index is 12.4. The molecule has 3 heterocycles. The monoisotopic (exact) mass is 459 g/mol. The third-order valence-electron chi connectivity index (χ3n) is 5.40. The summed E-state index contributed by atoms with van der Waals surface area (Å²) in [6, 6.07) is 7.39. The first-order valence-electron chi connectivity index (χ1n) is 10.4. The van der Waals surface area contributed by atoms with Gasteiger partial charge >= 0.3 is 0 Å². The fourth-order valence-electron chi connectivity index (χ4n) is 3.55. The molecular formula is C21H25N5O7. The van der Waals surface area contributed by atoms with E-state index in [9.17, 15) is 24.9 Å². The second kappa shape index (κ2) is 9.27. The number of aromatic amines is 1. The summed E-state index contributed by atoms with van der Waals surface area (Å²) in [6.45, 7) is 3.34. The van der Waals surface area contributed by atoms with Gasteiger partial charge in [0.25, 0.3) is 11.5 Å². The van der Waals surface area contributed by atoms with Crippen molar-refractivity contribution in [2.45, 2.75) is 44.3 Å². The molecule has 1 aliphatic heterocycles. The van der Waals surface area contributed by atoms with Crippen LogP contribution >= 0.6 is 0 Å². The largest absolute Gasteiger partial charge is 0.484 e. The summed E-state index contributed by atoms with van der Waals surface area (Å²) in [5.41, 5.74) is 0.500. The maximum Gasteiger partial charge on any atom is 0.280 e. The molecule has 0 bridgehead atoms. The molecule has 176 valence electrons. The first kappa shape index (κ1) is 22.9. The lowest BCUT2D eigenvalue weighted by molar-refractivity contribution is -0.118. The second-order valence-electron chi connectivity index (χ2n) is 8.03. The van der Waals surface area contributed by atoms with Crippen molar-refractivity contribution in [3.63, 3.8) is 0 Å². The number of fused-ring (bicyclic) bond motifs is 1. The summed E-state index contributed by atoms with van der Waals surface area (Å²) in [6.07, 6.45) is -3.62. The van der Waals surface area contributed by atoms with Gasteiger partial charge in [-0.15, -0.1) is 0 Å². The van der Waals surface area contributed by atoms with Gasteiger partial charge in [0.05, 0.1) is 12.9 Å². The van der Waals surface area contributed by atoms with E-state index in [1.54, 1.807) is 12.1 Å². The van der Waals surface area contributed by atoms with Gasteiger partial charge in [-0.05, 0) is 23.6 Å². The van der Waals surface area contributed by atoms with Gasteiger partial charge in [0.1, 0.15) is 24.1 Å². The molecule has 2 aromatic heterocycles. The Bertz CT molecular complexity index is 1190. The Kier molecular flexibility index (Phi) is 6.42. The minimum Gasteiger partial charge on any atom is -0.484 e. The van der Waals surface area contributed by atoms with E-state index < -0.39 is 42.6 Å². The molecule has 1 saturated heterocycles. The Morgan fingerprint density at radius 3 is 2.64 bits per heavy atom. The van der Waals surface area contributed by atoms with E-state index in [0.717, 1.165) is 5.56 Å². The van der Waals surface area contributed by atoms with Crippen LogP contribution in [0.2, 0.25) is 0 Å². The summed E-state index contributed by atoms with van der Waals surface area (Å²) >= 11 is 0. The molecule has 1 aliphatic rings. The summed E-state index contributed by atoms with van der Waals surface area (Å²) in [7, 11) is 0. The average molecular weight is 459 g/mol. The highest BCUT2D eigenvalue weighted by Crippen LogP contribution is 2.30. The van der Waals surface area contributed by atoms with Crippen LogP contribution in [0.25, 0.3) is 11.2 Å². The van der Waals surface area contributed by atoms with Crippen LogP contribution in [0.1, 0.15) is 31.6 Å². The van der Waals surface area contributed by atoms with Gasteiger partial charge in [-0.3, -0.25) is 24.5 Å². The highest BCUT2D eigenvalue weighted by atomic mass is 16.6. The van der Waals surface area contributed by atoms with Crippen molar-refractivity contribution in [2.24, 2.45) is 0 Å². The van der Waals surface area contributed by atoms with Gasteiger partial charge < -0.3 is 24.8 Å². The zero-order chi connectivity index (χ0) is 23.7. The van der Waals surface area contributed by atoms with Crippen molar-refractivity contribution in [3.8, 4) is 5.75 Å². The second-order valence-corrected chi connectivity index (χ2v) is 8.03. The van der Waals surface area contributed by atoms with Crippen LogP contribution in [-0.4, -0.2) is 72.3 Å². The normalized spacial score (nSPS) is 22.7. The van der Waals surface area contributed by atoms with E-state index in [-0.39, 0.29) is 23.7 Å². The summed E-state index contributed by atoms with van der Waals surface area (Å²) in [5.74, 6) is 0.199. The molecule has 1 fully saturated rings. The number of nitrogens with one attached hydrogen (secondary N) is 2. The molecule has 0 saturated carbocycles. The molecule has 5 N–H and O–H groups in total. The SMILES string of the molecule is CC(C)c1ccc(OCC(=O)Nc2nc3c(ncn3[C@@H]3O[C@H](CO)[C@@H](O)[C@H]3O)c(=O)[nH]2)cc1. The number of aromatic nitrogens is 4. The number of nitrogens with zero attached hydrogens (tertiary/aromatic N) is 3. The molecule has 12 heteroatoms. The topological polar surface area (TPSA) is 172 Å². The van der Waals surface area contributed by atoms with E-state index in [4.69, 9.17) is 9.47 Å². The Labute approximate surface area is 187 Å². The highest BCUT2D eigenvalue weighted by molar-refractivity contribution is 5.90. The van der Waals surface area contributed by atoms with Gasteiger partial charge in [0.15, 0.2) is 24.0 Å². The third kappa shape index (κ3) is 4.59. The number of benzene rings is 1. The summed E-state index contributed by atoms with van der Waals surface area (Å²) in [4.78, 5) is 35.3. The van der Waals surface area contributed by atoms with Crippen LogP contribution < -0.4 is 15.6 Å². The number of hydrogen-bond acceptors (Lipinski definition) is 9. The number of carbonyl (C=O) groups is 1. The molecule has 0 radical (unpaired) electrons. The van der Waals surface area contributed by atoms with Gasteiger partial charge in [0.2, 0.25) is 5.95 Å².